The minimum atomic E-state index is 0.857. The monoisotopic (exact) mass is 278 g/mol. The van der Waals surface area contributed by atoms with Gasteiger partial charge in [0.05, 0.1) is 18.4 Å². The van der Waals surface area contributed by atoms with Gasteiger partial charge in [0.1, 0.15) is 4.60 Å². The first-order chi connectivity index (χ1) is 7.84. The van der Waals surface area contributed by atoms with Gasteiger partial charge in [0.2, 0.25) is 0 Å². The third-order valence-corrected chi connectivity index (χ3v) is 3.25. The van der Waals surface area contributed by atoms with E-state index in [9.17, 15) is 0 Å². The molecule has 0 amide bonds. The van der Waals surface area contributed by atoms with E-state index in [1.54, 1.807) is 0 Å². The lowest BCUT2D eigenvalue weighted by Crippen LogP contribution is -2.28. The highest BCUT2D eigenvalue weighted by atomic mass is 79.9. The van der Waals surface area contributed by atoms with Gasteiger partial charge in [0.25, 0.3) is 0 Å². The molecule has 82 valence electrons. The number of fused-ring (bicyclic) bond motifs is 1. The van der Waals surface area contributed by atoms with E-state index in [4.69, 9.17) is 0 Å². The molecule has 0 spiro atoms. The molecule has 3 rings (SSSR count). The van der Waals surface area contributed by atoms with Crippen LogP contribution in [0.1, 0.15) is 5.69 Å². The van der Waals surface area contributed by atoms with Crippen LogP contribution in [0, 0.1) is 0 Å². The van der Waals surface area contributed by atoms with Gasteiger partial charge in [-0.2, -0.15) is 5.10 Å². The van der Waals surface area contributed by atoms with Crippen molar-refractivity contribution < 1.29 is 0 Å². The lowest BCUT2D eigenvalue weighted by Gasteiger charge is -2.16. The molecule has 5 heteroatoms. The van der Waals surface area contributed by atoms with E-state index in [1.165, 1.54) is 11.3 Å². The molecule has 16 heavy (non-hydrogen) atoms. The van der Waals surface area contributed by atoms with Gasteiger partial charge in [-0.05, 0) is 22.0 Å². The first-order valence-electron chi connectivity index (χ1n) is 5.22. The van der Waals surface area contributed by atoms with Crippen LogP contribution in [-0.4, -0.2) is 21.3 Å². The summed E-state index contributed by atoms with van der Waals surface area (Å²) >= 11 is 3.34. The van der Waals surface area contributed by atoms with Crippen molar-refractivity contribution in [1.29, 1.82) is 0 Å². The molecular weight excluding hydrogens is 268 g/mol. The topological polar surface area (TPSA) is 42.7 Å². The summed E-state index contributed by atoms with van der Waals surface area (Å²) in [6, 6.07) is 4.01. The van der Waals surface area contributed by atoms with Crippen molar-refractivity contribution in [3.63, 3.8) is 0 Å². The summed E-state index contributed by atoms with van der Waals surface area (Å²) in [4.78, 5) is 4.24. The van der Waals surface area contributed by atoms with E-state index in [1.807, 2.05) is 18.5 Å². The summed E-state index contributed by atoms with van der Waals surface area (Å²) in [5.41, 5.74) is 3.54. The number of rotatable bonds is 1. The minimum absolute atomic E-state index is 0.857. The van der Waals surface area contributed by atoms with Crippen molar-refractivity contribution >= 4 is 15.9 Å². The molecule has 0 bridgehead atoms. The zero-order chi connectivity index (χ0) is 11.0. The van der Waals surface area contributed by atoms with Gasteiger partial charge in [-0.3, -0.25) is 4.68 Å². The summed E-state index contributed by atoms with van der Waals surface area (Å²) in [7, 11) is 0. The van der Waals surface area contributed by atoms with Gasteiger partial charge in [-0.25, -0.2) is 4.98 Å². The smallest absolute Gasteiger partial charge is 0.106 e. The van der Waals surface area contributed by atoms with Crippen molar-refractivity contribution in [2.45, 2.75) is 13.1 Å². The van der Waals surface area contributed by atoms with E-state index in [0.717, 1.165) is 29.8 Å². The molecule has 2 aromatic heterocycles. The second-order valence-corrected chi connectivity index (χ2v) is 4.59. The van der Waals surface area contributed by atoms with Crippen molar-refractivity contribution in [3.8, 4) is 11.1 Å². The van der Waals surface area contributed by atoms with Gasteiger partial charge < -0.3 is 5.32 Å². The van der Waals surface area contributed by atoms with Crippen LogP contribution in [0.4, 0.5) is 0 Å². The average Bonchev–Trinajstić information content (AvgIpc) is 2.74. The average molecular weight is 279 g/mol. The fraction of sp³-hybridized carbons (Fsp3) is 0.273. The number of aromatic nitrogens is 3. The molecule has 0 saturated carbocycles. The highest BCUT2D eigenvalue weighted by Crippen LogP contribution is 2.24. The van der Waals surface area contributed by atoms with Gasteiger partial charge in [-0.1, -0.05) is 6.07 Å². The van der Waals surface area contributed by atoms with Crippen LogP contribution in [0.3, 0.4) is 0 Å². The molecule has 3 heterocycles. The Balaban J connectivity index is 2.06. The quantitative estimate of drug-likeness (QED) is 0.810. The molecule has 4 nitrogen and oxygen atoms in total. The van der Waals surface area contributed by atoms with Gasteiger partial charge >= 0.3 is 0 Å². The maximum Gasteiger partial charge on any atom is 0.106 e. The number of hydrogen-bond acceptors (Lipinski definition) is 3. The predicted molar refractivity (Wildman–Crippen MR) is 64.9 cm³/mol. The Hall–Kier alpha value is -1.20. The second-order valence-electron chi connectivity index (χ2n) is 3.77. The van der Waals surface area contributed by atoms with Crippen molar-refractivity contribution in [3.05, 3.63) is 34.8 Å². The maximum absolute atomic E-state index is 4.39. The first kappa shape index (κ1) is 9.99. The zero-order valence-electron chi connectivity index (χ0n) is 8.65. The summed E-state index contributed by atoms with van der Waals surface area (Å²) in [5, 5.41) is 7.75. The van der Waals surface area contributed by atoms with Crippen LogP contribution < -0.4 is 5.32 Å². The van der Waals surface area contributed by atoms with Crippen LogP contribution >= 0.6 is 15.9 Å². The summed E-state index contributed by atoms with van der Waals surface area (Å²) in [6.45, 7) is 2.82. The highest BCUT2D eigenvalue weighted by Gasteiger charge is 2.15. The largest absolute Gasteiger partial charge is 0.309 e. The number of pyridine rings is 1. The van der Waals surface area contributed by atoms with Crippen LogP contribution in [0.15, 0.2) is 29.1 Å². The Kier molecular flexibility index (Phi) is 2.49. The van der Waals surface area contributed by atoms with E-state index in [0.29, 0.717) is 0 Å². The Bertz CT molecular complexity index is 503. The third-order valence-electron chi connectivity index (χ3n) is 2.78. The van der Waals surface area contributed by atoms with E-state index in [-0.39, 0.29) is 0 Å². The fourth-order valence-corrected chi connectivity index (χ4v) is 2.19. The molecule has 1 aliphatic rings. The summed E-state index contributed by atoms with van der Waals surface area (Å²) < 4.78 is 2.92. The number of hydrogen-bond donors (Lipinski definition) is 1. The Morgan fingerprint density at radius 1 is 1.31 bits per heavy atom. The molecule has 0 aliphatic carbocycles. The molecule has 0 aromatic carbocycles. The molecule has 0 atom stereocenters. The minimum Gasteiger partial charge on any atom is -0.309 e. The van der Waals surface area contributed by atoms with Crippen LogP contribution in [-0.2, 0) is 13.1 Å². The van der Waals surface area contributed by atoms with E-state index >= 15 is 0 Å². The van der Waals surface area contributed by atoms with Crippen molar-refractivity contribution in [2.24, 2.45) is 0 Å². The molecule has 2 aromatic rings. The Morgan fingerprint density at radius 3 is 3.06 bits per heavy atom. The van der Waals surface area contributed by atoms with Crippen molar-refractivity contribution in [2.75, 3.05) is 6.54 Å². The second kappa shape index (κ2) is 3.99. The highest BCUT2D eigenvalue weighted by molar-refractivity contribution is 9.10. The molecular formula is C11H11BrN4. The first-order valence-corrected chi connectivity index (χ1v) is 6.01. The molecule has 0 fully saturated rings. The molecule has 1 N–H and O–H groups in total. The summed E-state index contributed by atoms with van der Waals surface area (Å²) in [5.74, 6) is 0. The van der Waals surface area contributed by atoms with Gasteiger partial charge in [0.15, 0.2) is 0 Å². The number of nitrogens with zero attached hydrogens (tertiary/aromatic N) is 3. The zero-order valence-corrected chi connectivity index (χ0v) is 10.2. The van der Waals surface area contributed by atoms with E-state index < -0.39 is 0 Å². The standard InChI is InChI=1S/C11H11BrN4/c12-11-2-1-8(5-14-11)9-6-15-16-4-3-13-7-10(9)16/h1-2,5-6,13H,3-4,7H2. The molecule has 1 aliphatic heterocycles. The lowest BCUT2D eigenvalue weighted by molar-refractivity contribution is 0.476. The third kappa shape index (κ3) is 1.66. The Morgan fingerprint density at radius 2 is 2.25 bits per heavy atom. The number of nitrogens with one attached hydrogen (secondary N) is 1. The SMILES string of the molecule is Brc1ccc(-c2cnn3c2CNCC3)cn1. The Labute approximate surface area is 102 Å². The molecule has 0 radical (unpaired) electrons. The number of halogens is 1. The predicted octanol–water partition coefficient (Wildman–Crippen LogP) is 1.81. The van der Waals surface area contributed by atoms with Gasteiger partial charge in [0, 0.05) is 30.4 Å². The van der Waals surface area contributed by atoms with Crippen molar-refractivity contribution in [1.82, 2.24) is 20.1 Å². The van der Waals surface area contributed by atoms with E-state index in [2.05, 4.69) is 42.1 Å². The molecule has 0 saturated heterocycles. The maximum atomic E-state index is 4.39. The lowest BCUT2D eigenvalue weighted by atomic mass is 10.1. The van der Waals surface area contributed by atoms with Crippen LogP contribution in [0.25, 0.3) is 11.1 Å². The van der Waals surface area contributed by atoms with Gasteiger partial charge in [-0.15, -0.1) is 0 Å². The van der Waals surface area contributed by atoms with Crippen LogP contribution in [0.2, 0.25) is 0 Å². The normalized spacial score (nSPS) is 14.8. The molecule has 0 unspecified atom stereocenters. The fourth-order valence-electron chi connectivity index (χ4n) is 1.96. The summed E-state index contributed by atoms with van der Waals surface area (Å²) in [6.07, 6.45) is 3.80. The van der Waals surface area contributed by atoms with Crippen LogP contribution in [0.5, 0.6) is 0 Å².